The highest BCUT2D eigenvalue weighted by Gasteiger charge is 2.51. The lowest BCUT2D eigenvalue weighted by Crippen LogP contribution is -2.46. The molecule has 4 heterocycles. The van der Waals surface area contributed by atoms with Crippen molar-refractivity contribution in [2.24, 2.45) is 0 Å². The van der Waals surface area contributed by atoms with E-state index in [4.69, 9.17) is 14.9 Å². The van der Waals surface area contributed by atoms with Crippen LogP contribution in [-0.4, -0.2) is 41.4 Å². The number of carbonyl (C=O) groups is 3. The van der Waals surface area contributed by atoms with Gasteiger partial charge in [-0.05, 0) is 23.8 Å². The van der Waals surface area contributed by atoms with Crippen LogP contribution in [0.4, 0.5) is 15.0 Å². The minimum atomic E-state index is -1.56. The molecular formula is C21H18FN5O5. The molecule has 32 heavy (non-hydrogen) atoms. The number of nitrogens with zero attached hydrogens (tertiary/aromatic N) is 2. The summed E-state index contributed by atoms with van der Waals surface area (Å²) < 4.78 is 25.4. The predicted octanol–water partition coefficient (Wildman–Crippen LogP) is 1.64. The first-order chi connectivity index (χ1) is 15.3. The summed E-state index contributed by atoms with van der Waals surface area (Å²) >= 11 is 0. The van der Waals surface area contributed by atoms with Gasteiger partial charge in [-0.3, -0.25) is 14.9 Å². The van der Waals surface area contributed by atoms with Gasteiger partial charge in [0.2, 0.25) is 0 Å². The molecule has 4 N–H and O–H groups in total. The van der Waals surface area contributed by atoms with Gasteiger partial charge in [0, 0.05) is 25.6 Å². The molecule has 2 aliphatic rings. The van der Waals surface area contributed by atoms with Gasteiger partial charge in [0.15, 0.2) is 22.7 Å². The maximum absolute atomic E-state index is 14.6. The summed E-state index contributed by atoms with van der Waals surface area (Å²) in [5, 5.41) is 4.83. The van der Waals surface area contributed by atoms with Crippen molar-refractivity contribution in [3.63, 3.8) is 0 Å². The molecule has 2 aliphatic heterocycles. The Kier molecular flexibility index (Phi) is 4.29. The number of urea groups is 1. The summed E-state index contributed by atoms with van der Waals surface area (Å²) in [6, 6.07) is 7.10. The third kappa shape index (κ3) is 2.85. The molecule has 0 bridgehead atoms. The lowest BCUT2D eigenvalue weighted by atomic mass is 9.92. The van der Waals surface area contributed by atoms with Gasteiger partial charge in [-0.1, -0.05) is 6.07 Å². The van der Waals surface area contributed by atoms with Crippen LogP contribution in [0.15, 0.2) is 34.7 Å². The van der Waals surface area contributed by atoms with E-state index in [1.165, 1.54) is 24.1 Å². The Morgan fingerprint density at radius 2 is 2.09 bits per heavy atom. The zero-order valence-corrected chi connectivity index (χ0v) is 16.9. The number of fused-ring (bicyclic) bond motifs is 2. The SMILES string of the molecule is COc1ccc2c(c1F)C(=O)N(CCC1(c3cc4nc(N)ccc4o3)NC(=O)NC1=O)C2. The maximum Gasteiger partial charge on any atom is 0.322 e. The topological polar surface area (TPSA) is 140 Å². The fourth-order valence-corrected chi connectivity index (χ4v) is 4.15. The van der Waals surface area contributed by atoms with E-state index in [1.54, 1.807) is 18.2 Å². The van der Waals surface area contributed by atoms with Gasteiger partial charge in [0.25, 0.3) is 11.8 Å². The lowest BCUT2D eigenvalue weighted by molar-refractivity contribution is -0.125. The molecule has 0 spiro atoms. The van der Waals surface area contributed by atoms with E-state index in [9.17, 15) is 18.8 Å². The third-order valence-electron chi connectivity index (χ3n) is 5.79. The lowest BCUT2D eigenvalue weighted by Gasteiger charge is -2.26. The molecule has 1 aromatic carbocycles. The fourth-order valence-electron chi connectivity index (χ4n) is 4.15. The Bertz CT molecular complexity index is 1310. The molecule has 1 fully saturated rings. The Labute approximate surface area is 180 Å². The van der Waals surface area contributed by atoms with Crippen LogP contribution in [0.3, 0.4) is 0 Å². The third-order valence-corrected chi connectivity index (χ3v) is 5.79. The summed E-state index contributed by atoms with van der Waals surface area (Å²) in [4.78, 5) is 43.2. The number of imide groups is 1. The van der Waals surface area contributed by atoms with E-state index in [0.717, 1.165) is 0 Å². The standard InChI is InChI=1S/C21H18FN5O5/c1-31-13-3-2-10-9-27(18(28)16(10)17(13)22)7-6-21(19(29)25-20(30)26-21)14-8-11-12(32-14)4-5-15(23)24-11/h2-5,8H,6-7,9H2,1H3,(H2,23,24)(H2,25,26,29,30). The molecule has 0 aliphatic carbocycles. The number of halogens is 1. The van der Waals surface area contributed by atoms with Crippen molar-refractivity contribution in [3.8, 4) is 5.75 Å². The normalized spacial score (nSPS) is 19.9. The first-order valence-electron chi connectivity index (χ1n) is 9.77. The van der Waals surface area contributed by atoms with Crippen LogP contribution in [0.25, 0.3) is 11.1 Å². The zero-order valence-electron chi connectivity index (χ0n) is 16.9. The molecule has 11 heteroatoms. The van der Waals surface area contributed by atoms with E-state index in [1.807, 2.05) is 0 Å². The Morgan fingerprint density at radius 3 is 2.81 bits per heavy atom. The van der Waals surface area contributed by atoms with Crippen LogP contribution >= 0.6 is 0 Å². The van der Waals surface area contributed by atoms with Crippen LogP contribution in [0.1, 0.15) is 28.1 Å². The van der Waals surface area contributed by atoms with Gasteiger partial charge in [0.05, 0.1) is 12.7 Å². The predicted molar refractivity (Wildman–Crippen MR) is 109 cm³/mol. The number of hydrogen-bond acceptors (Lipinski definition) is 7. The number of methoxy groups -OCH3 is 1. The number of anilines is 1. The number of carbonyl (C=O) groups excluding carboxylic acids is 3. The number of rotatable bonds is 5. The number of nitrogens with two attached hydrogens (primary N) is 1. The van der Waals surface area contributed by atoms with Crippen LogP contribution in [0.2, 0.25) is 0 Å². The van der Waals surface area contributed by atoms with Gasteiger partial charge in [0.1, 0.15) is 17.1 Å². The van der Waals surface area contributed by atoms with Crippen LogP contribution < -0.4 is 21.1 Å². The molecule has 1 saturated heterocycles. The molecule has 1 atom stereocenters. The Hall–Kier alpha value is -4.15. The number of nitrogens with one attached hydrogen (secondary N) is 2. The number of furan rings is 1. The van der Waals surface area contributed by atoms with E-state index >= 15 is 0 Å². The number of hydrogen-bond donors (Lipinski definition) is 3. The van der Waals surface area contributed by atoms with Gasteiger partial charge < -0.3 is 25.1 Å². The minimum absolute atomic E-state index is 0.00163. The van der Waals surface area contributed by atoms with Crippen LogP contribution in [0.5, 0.6) is 5.75 Å². The average Bonchev–Trinajstić information content (AvgIpc) is 3.40. The van der Waals surface area contributed by atoms with Crippen molar-refractivity contribution in [2.45, 2.75) is 18.5 Å². The van der Waals surface area contributed by atoms with Gasteiger partial charge >= 0.3 is 6.03 Å². The second-order valence-corrected chi connectivity index (χ2v) is 7.64. The molecule has 164 valence electrons. The molecule has 4 amide bonds. The highest BCUT2D eigenvalue weighted by molar-refractivity contribution is 6.07. The summed E-state index contributed by atoms with van der Waals surface area (Å²) in [6.45, 7) is 0.217. The van der Waals surface area contributed by atoms with Crippen LogP contribution in [0, 0.1) is 5.82 Å². The largest absolute Gasteiger partial charge is 0.494 e. The Morgan fingerprint density at radius 1 is 1.28 bits per heavy atom. The Balaban J connectivity index is 1.46. The molecule has 0 saturated carbocycles. The van der Waals surface area contributed by atoms with Crippen molar-refractivity contribution in [2.75, 3.05) is 19.4 Å². The van der Waals surface area contributed by atoms with Crippen molar-refractivity contribution in [1.82, 2.24) is 20.5 Å². The molecule has 1 unspecified atom stereocenters. The molecule has 0 radical (unpaired) electrons. The number of benzene rings is 1. The zero-order chi connectivity index (χ0) is 22.6. The summed E-state index contributed by atoms with van der Waals surface area (Å²) in [5.41, 5.74) is 5.44. The molecule has 3 aromatic rings. The van der Waals surface area contributed by atoms with Crippen LogP contribution in [-0.2, 0) is 16.9 Å². The summed E-state index contributed by atoms with van der Waals surface area (Å²) in [6.07, 6.45) is -0.00163. The molecular weight excluding hydrogens is 421 g/mol. The molecule has 10 nitrogen and oxygen atoms in total. The van der Waals surface area contributed by atoms with Crippen molar-refractivity contribution >= 4 is 34.8 Å². The van der Waals surface area contributed by atoms with Gasteiger partial charge in [-0.25, -0.2) is 14.2 Å². The van der Waals surface area contributed by atoms with E-state index in [0.29, 0.717) is 16.7 Å². The maximum atomic E-state index is 14.6. The first kappa shape index (κ1) is 19.8. The quantitative estimate of drug-likeness (QED) is 0.514. The summed E-state index contributed by atoms with van der Waals surface area (Å²) in [5.74, 6) is -1.45. The summed E-state index contributed by atoms with van der Waals surface area (Å²) in [7, 11) is 1.32. The highest BCUT2D eigenvalue weighted by Crippen LogP contribution is 2.35. The van der Waals surface area contributed by atoms with Gasteiger partial charge in [-0.2, -0.15) is 0 Å². The first-order valence-corrected chi connectivity index (χ1v) is 9.77. The minimum Gasteiger partial charge on any atom is -0.494 e. The number of ether oxygens (including phenoxy) is 1. The average molecular weight is 439 g/mol. The fraction of sp³-hybridized carbons (Fsp3) is 0.238. The number of nitrogen functional groups attached to an aromatic ring is 1. The second-order valence-electron chi connectivity index (χ2n) is 7.64. The molecule has 2 aromatic heterocycles. The van der Waals surface area contributed by atoms with Gasteiger partial charge in [-0.15, -0.1) is 0 Å². The van der Waals surface area contributed by atoms with E-state index < -0.39 is 29.2 Å². The van der Waals surface area contributed by atoms with E-state index in [2.05, 4.69) is 15.6 Å². The second kappa shape index (κ2) is 6.94. The number of aromatic nitrogens is 1. The molecule has 5 rings (SSSR count). The van der Waals surface area contributed by atoms with E-state index in [-0.39, 0.29) is 42.4 Å². The van der Waals surface area contributed by atoms with Crippen molar-refractivity contribution in [3.05, 3.63) is 53.0 Å². The highest BCUT2D eigenvalue weighted by atomic mass is 19.1. The number of pyridine rings is 1. The number of amides is 4. The van der Waals surface area contributed by atoms with Crippen molar-refractivity contribution in [1.29, 1.82) is 0 Å². The smallest absolute Gasteiger partial charge is 0.322 e. The van der Waals surface area contributed by atoms with Crippen molar-refractivity contribution < 1.29 is 27.9 Å². The monoisotopic (exact) mass is 439 g/mol.